The van der Waals surface area contributed by atoms with Gasteiger partial charge >= 0.3 is 5.97 Å². The predicted molar refractivity (Wildman–Crippen MR) is 69.3 cm³/mol. The van der Waals surface area contributed by atoms with Crippen molar-refractivity contribution in [2.24, 2.45) is 17.3 Å². The van der Waals surface area contributed by atoms with Gasteiger partial charge in [0, 0.05) is 19.5 Å². The van der Waals surface area contributed by atoms with Gasteiger partial charge in [0.1, 0.15) is 0 Å². The minimum Gasteiger partial charge on any atom is -0.481 e. The summed E-state index contributed by atoms with van der Waals surface area (Å²) in [5.74, 6) is -2.44. The highest BCUT2D eigenvalue weighted by Crippen LogP contribution is 2.58. The molecule has 108 valence electrons. The first kappa shape index (κ1) is 15.5. The second-order valence-corrected chi connectivity index (χ2v) is 5.51. The van der Waals surface area contributed by atoms with Gasteiger partial charge in [0.15, 0.2) is 0 Å². The molecule has 0 aromatic heterocycles. The van der Waals surface area contributed by atoms with Crippen LogP contribution in [0.1, 0.15) is 33.6 Å². The second-order valence-electron chi connectivity index (χ2n) is 5.51. The molecule has 0 aliphatic heterocycles. The Morgan fingerprint density at radius 2 is 1.74 bits per heavy atom. The van der Waals surface area contributed by atoms with E-state index in [0.717, 1.165) is 6.42 Å². The minimum atomic E-state index is -0.939. The van der Waals surface area contributed by atoms with E-state index < -0.39 is 23.2 Å². The highest BCUT2D eigenvalue weighted by molar-refractivity contribution is 5.91. The molecule has 6 heteroatoms. The summed E-state index contributed by atoms with van der Waals surface area (Å²) in [5.41, 5.74) is -0.500. The zero-order valence-electron chi connectivity index (χ0n) is 11.7. The molecule has 1 fully saturated rings. The summed E-state index contributed by atoms with van der Waals surface area (Å²) in [4.78, 5) is 34.1. The third-order valence-corrected chi connectivity index (χ3v) is 3.60. The molecule has 0 bridgehead atoms. The Hall–Kier alpha value is -1.59. The van der Waals surface area contributed by atoms with Gasteiger partial charge in [0.05, 0.1) is 11.8 Å². The number of hydrogen-bond acceptors (Lipinski definition) is 3. The Morgan fingerprint density at radius 3 is 2.21 bits per heavy atom. The fourth-order valence-electron chi connectivity index (χ4n) is 2.35. The summed E-state index contributed by atoms with van der Waals surface area (Å²) >= 11 is 0. The number of aliphatic carboxylic acids is 1. The molecular formula is C13H22N2O4. The van der Waals surface area contributed by atoms with Crippen LogP contribution < -0.4 is 10.6 Å². The van der Waals surface area contributed by atoms with Crippen molar-refractivity contribution in [1.82, 2.24) is 10.6 Å². The fraction of sp³-hybridized carbons (Fsp3) is 0.769. The summed E-state index contributed by atoms with van der Waals surface area (Å²) in [6.45, 7) is 6.37. The van der Waals surface area contributed by atoms with E-state index in [1.165, 1.54) is 0 Å². The normalized spacial score (nSPS) is 23.5. The Morgan fingerprint density at radius 1 is 1.11 bits per heavy atom. The molecule has 2 amide bonds. The van der Waals surface area contributed by atoms with Crippen LogP contribution in [0, 0.1) is 17.3 Å². The van der Waals surface area contributed by atoms with E-state index in [1.54, 1.807) is 13.8 Å². The first-order valence-corrected chi connectivity index (χ1v) is 6.59. The lowest BCUT2D eigenvalue weighted by molar-refractivity contribution is -0.140. The van der Waals surface area contributed by atoms with Crippen LogP contribution in [0.3, 0.4) is 0 Å². The van der Waals surface area contributed by atoms with Gasteiger partial charge in [0.2, 0.25) is 11.8 Å². The van der Waals surface area contributed by atoms with Crippen molar-refractivity contribution < 1.29 is 19.5 Å². The zero-order chi connectivity index (χ0) is 14.6. The van der Waals surface area contributed by atoms with Gasteiger partial charge < -0.3 is 15.7 Å². The van der Waals surface area contributed by atoms with Crippen molar-refractivity contribution >= 4 is 17.8 Å². The largest absolute Gasteiger partial charge is 0.481 e. The van der Waals surface area contributed by atoms with Crippen LogP contribution in [0.4, 0.5) is 0 Å². The summed E-state index contributed by atoms with van der Waals surface area (Å²) in [5, 5.41) is 14.3. The molecule has 1 aliphatic rings. The number of nitrogens with one attached hydrogen (secondary N) is 2. The van der Waals surface area contributed by atoms with Gasteiger partial charge in [0.25, 0.3) is 0 Å². The molecule has 2 atom stereocenters. The van der Waals surface area contributed by atoms with Crippen molar-refractivity contribution in [3.63, 3.8) is 0 Å². The quantitative estimate of drug-likeness (QED) is 0.623. The lowest BCUT2D eigenvalue weighted by atomic mass is 10.1. The van der Waals surface area contributed by atoms with E-state index in [9.17, 15) is 14.4 Å². The van der Waals surface area contributed by atoms with E-state index in [-0.39, 0.29) is 24.8 Å². The Bertz CT molecular complexity index is 379. The third kappa shape index (κ3) is 3.68. The maximum absolute atomic E-state index is 11.8. The molecule has 0 heterocycles. The number of carboxylic acids is 1. The van der Waals surface area contributed by atoms with E-state index >= 15 is 0 Å². The maximum atomic E-state index is 11.8. The molecule has 6 nitrogen and oxygen atoms in total. The third-order valence-electron chi connectivity index (χ3n) is 3.60. The standard InChI is InChI=1S/C13H22N2O4/c1-4-6-14-8(16)5-7-15-11(17)9-10(12(18)19)13(9,2)3/h9-10H,4-7H2,1-3H3,(H,14,16)(H,15,17)(H,18,19)/t9-,10+/m1/s1. The van der Waals surface area contributed by atoms with Crippen LogP contribution in [-0.2, 0) is 14.4 Å². The van der Waals surface area contributed by atoms with Crippen LogP contribution in [0.25, 0.3) is 0 Å². The van der Waals surface area contributed by atoms with Crippen LogP contribution in [0.5, 0.6) is 0 Å². The van der Waals surface area contributed by atoms with Crippen molar-refractivity contribution in [1.29, 1.82) is 0 Å². The van der Waals surface area contributed by atoms with Crippen molar-refractivity contribution in [3.05, 3.63) is 0 Å². The minimum absolute atomic E-state index is 0.105. The van der Waals surface area contributed by atoms with Gasteiger partial charge in [-0.15, -0.1) is 0 Å². The number of amides is 2. The van der Waals surface area contributed by atoms with E-state index in [2.05, 4.69) is 10.6 Å². The highest BCUT2D eigenvalue weighted by Gasteiger charge is 2.65. The first-order chi connectivity index (χ1) is 8.82. The van der Waals surface area contributed by atoms with Crippen LogP contribution >= 0.6 is 0 Å². The number of carbonyl (C=O) groups excluding carboxylic acids is 2. The molecule has 3 N–H and O–H groups in total. The van der Waals surface area contributed by atoms with Gasteiger partial charge in [-0.1, -0.05) is 20.8 Å². The Balaban J connectivity index is 2.30. The van der Waals surface area contributed by atoms with Crippen LogP contribution in [0.15, 0.2) is 0 Å². The van der Waals surface area contributed by atoms with Crippen LogP contribution in [-0.4, -0.2) is 36.0 Å². The maximum Gasteiger partial charge on any atom is 0.307 e. The number of hydrogen-bond donors (Lipinski definition) is 3. The molecule has 19 heavy (non-hydrogen) atoms. The first-order valence-electron chi connectivity index (χ1n) is 6.59. The summed E-state index contributed by atoms with van der Waals surface area (Å²) in [6.07, 6.45) is 1.09. The van der Waals surface area contributed by atoms with E-state index in [4.69, 9.17) is 5.11 Å². The van der Waals surface area contributed by atoms with Gasteiger partial charge in [-0.3, -0.25) is 14.4 Å². The summed E-state index contributed by atoms with van der Waals surface area (Å²) in [7, 11) is 0. The average Bonchev–Trinajstić information content (AvgIpc) is 2.89. The van der Waals surface area contributed by atoms with E-state index in [1.807, 2.05) is 6.92 Å². The van der Waals surface area contributed by atoms with Crippen LogP contribution in [0.2, 0.25) is 0 Å². The molecule has 1 rings (SSSR count). The van der Waals surface area contributed by atoms with Crippen molar-refractivity contribution in [2.45, 2.75) is 33.6 Å². The predicted octanol–water partition coefficient (Wildman–Crippen LogP) is 0.376. The monoisotopic (exact) mass is 270 g/mol. The highest BCUT2D eigenvalue weighted by atomic mass is 16.4. The molecule has 0 radical (unpaired) electrons. The molecule has 0 saturated heterocycles. The number of carbonyl (C=O) groups is 3. The van der Waals surface area contributed by atoms with Crippen molar-refractivity contribution in [2.75, 3.05) is 13.1 Å². The molecule has 0 spiro atoms. The lowest BCUT2D eigenvalue weighted by Gasteiger charge is -2.06. The number of carboxylic acid groups (broad SMARTS) is 1. The Labute approximate surface area is 112 Å². The Kier molecular flexibility index (Phi) is 4.91. The zero-order valence-corrected chi connectivity index (χ0v) is 11.7. The molecule has 0 unspecified atom stereocenters. The smallest absolute Gasteiger partial charge is 0.307 e. The summed E-state index contributed by atoms with van der Waals surface area (Å²) in [6, 6.07) is 0. The number of rotatable bonds is 7. The molecule has 0 aromatic rings. The average molecular weight is 270 g/mol. The van der Waals surface area contributed by atoms with Gasteiger partial charge in [-0.25, -0.2) is 0 Å². The van der Waals surface area contributed by atoms with Gasteiger partial charge in [-0.2, -0.15) is 0 Å². The molecule has 1 aliphatic carbocycles. The fourth-order valence-corrected chi connectivity index (χ4v) is 2.35. The molecular weight excluding hydrogens is 248 g/mol. The molecule has 1 saturated carbocycles. The second kappa shape index (κ2) is 6.04. The molecule has 0 aromatic carbocycles. The van der Waals surface area contributed by atoms with E-state index in [0.29, 0.717) is 6.54 Å². The van der Waals surface area contributed by atoms with Crippen molar-refractivity contribution in [3.8, 4) is 0 Å². The SMILES string of the molecule is CCCNC(=O)CCNC(=O)[C@H]1[C@@H](C(=O)O)C1(C)C. The van der Waals surface area contributed by atoms with Gasteiger partial charge in [-0.05, 0) is 11.8 Å². The summed E-state index contributed by atoms with van der Waals surface area (Å²) < 4.78 is 0. The topological polar surface area (TPSA) is 95.5 Å². The lowest BCUT2D eigenvalue weighted by Crippen LogP contribution is -2.32.